The lowest BCUT2D eigenvalue weighted by Gasteiger charge is -2.12. The maximum absolute atomic E-state index is 5.37. The molecule has 0 fully saturated rings. The minimum absolute atomic E-state index is 0.361. The minimum Gasteiger partial charge on any atom is -0.454 e. The average Bonchev–Trinajstić information content (AvgIpc) is 2.62. The lowest BCUT2D eigenvalue weighted by atomic mass is 9.95. The molecule has 14 heavy (non-hydrogen) atoms. The van der Waals surface area contributed by atoms with E-state index in [4.69, 9.17) is 9.47 Å². The highest BCUT2D eigenvalue weighted by atomic mass is 16.7. The molecule has 0 saturated heterocycles. The van der Waals surface area contributed by atoms with E-state index in [2.05, 4.69) is 32.9 Å². The van der Waals surface area contributed by atoms with Gasteiger partial charge in [-0.1, -0.05) is 20.8 Å². The molecule has 0 aliphatic carbocycles. The Morgan fingerprint density at radius 3 is 2.43 bits per heavy atom. The Kier molecular flexibility index (Phi) is 2.36. The Labute approximate surface area is 84.8 Å². The number of rotatable bonds is 2. The largest absolute Gasteiger partial charge is 0.454 e. The highest BCUT2D eigenvalue weighted by Gasteiger charge is 2.17. The molecular weight excluding hydrogens is 176 g/mol. The molecule has 1 aromatic rings. The van der Waals surface area contributed by atoms with E-state index in [0.29, 0.717) is 12.7 Å². The van der Waals surface area contributed by atoms with Crippen LogP contribution < -0.4 is 9.47 Å². The molecule has 0 bridgehead atoms. The average molecular weight is 192 g/mol. The van der Waals surface area contributed by atoms with Gasteiger partial charge in [0.05, 0.1) is 0 Å². The van der Waals surface area contributed by atoms with Crippen LogP contribution in [0.15, 0.2) is 12.1 Å². The molecule has 76 valence electrons. The molecule has 1 aromatic carbocycles. The van der Waals surface area contributed by atoms with E-state index in [1.54, 1.807) is 0 Å². The summed E-state index contributed by atoms with van der Waals surface area (Å²) in [6.07, 6.45) is 1.05. The normalized spacial score (nSPS) is 13.7. The van der Waals surface area contributed by atoms with E-state index < -0.39 is 0 Å². The molecule has 0 radical (unpaired) electrons. The molecule has 2 rings (SSSR count). The molecule has 0 aromatic heterocycles. The van der Waals surface area contributed by atoms with Crippen LogP contribution in [0, 0.1) is 0 Å². The van der Waals surface area contributed by atoms with Crippen molar-refractivity contribution in [2.24, 2.45) is 0 Å². The standard InChI is InChI=1S/C12H16O2/c1-4-9-5-11-12(14-7-13-11)6-10(9)8(2)3/h5-6,8H,4,7H2,1-3H3. The monoisotopic (exact) mass is 192 g/mol. The van der Waals surface area contributed by atoms with Crippen LogP contribution in [0.25, 0.3) is 0 Å². The minimum atomic E-state index is 0.361. The van der Waals surface area contributed by atoms with Crippen molar-refractivity contribution in [2.45, 2.75) is 33.1 Å². The van der Waals surface area contributed by atoms with E-state index in [9.17, 15) is 0 Å². The van der Waals surface area contributed by atoms with Crippen molar-refractivity contribution in [1.29, 1.82) is 0 Å². The fourth-order valence-corrected chi connectivity index (χ4v) is 1.84. The molecule has 0 saturated carbocycles. The molecule has 2 nitrogen and oxygen atoms in total. The summed E-state index contributed by atoms with van der Waals surface area (Å²) in [5, 5.41) is 0. The number of hydrogen-bond acceptors (Lipinski definition) is 2. The molecule has 0 unspecified atom stereocenters. The first-order chi connectivity index (χ1) is 6.72. The fourth-order valence-electron chi connectivity index (χ4n) is 1.84. The first kappa shape index (κ1) is 9.38. The second kappa shape index (κ2) is 3.52. The second-order valence-corrected chi connectivity index (χ2v) is 3.91. The molecule has 0 atom stereocenters. The van der Waals surface area contributed by atoms with Crippen molar-refractivity contribution < 1.29 is 9.47 Å². The van der Waals surface area contributed by atoms with Crippen molar-refractivity contribution in [3.05, 3.63) is 23.3 Å². The third-order valence-electron chi connectivity index (χ3n) is 2.64. The van der Waals surface area contributed by atoms with Crippen molar-refractivity contribution >= 4 is 0 Å². The number of benzene rings is 1. The number of ether oxygens (including phenoxy) is 2. The summed E-state index contributed by atoms with van der Waals surface area (Å²) in [5.74, 6) is 2.33. The predicted octanol–water partition coefficient (Wildman–Crippen LogP) is 3.10. The first-order valence-electron chi connectivity index (χ1n) is 5.14. The maximum atomic E-state index is 5.37. The second-order valence-electron chi connectivity index (χ2n) is 3.91. The summed E-state index contributed by atoms with van der Waals surface area (Å²) in [5.41, 5.74) is 2.74. The van der Waals surface area contributed by atoms with Crippen LogP contribution in [0.5, 0.6) is 11.5 Å². The quantitative estimate of drug-likeness (QED) is 0.716. The van der Waals surface area contributed by atoms with Crippen molar-refractivity contribution in [3.8, 4) is 11.5 Å². The van der Waals surface area contributed by atoms with Gasteiger partial charge in [0.1, 0.15) is 0 Å². The zero-order chi connectivity index (χ0) is 10.1. The molecule has 0 spiro atoms. The van der Waals surface area contributed by atoms with E-state index >= 15 is 0 Å². The lowest BCUT2D eigenvalue weighted by molar-refractivity contribution is 0.174. The Morgan fingerprint density at radius 1 is 1.21 bits per heavy atom. The smallest absolute Gasteiger partial charge is 0.231 e. The Bertz CT molecular complexity index is 342. The summed E-state index contributed by atoms with van der Waals surface area (Å²) in [7, 11) is 0. The van der Waals surface area contributed by atoms with E-state index in [1.165, 1.54) is 11.1 Å². The van der Waals surface area contributed by atoms with Crippen LogP contribution >= 0.6 is 0 Å². The van der Waals surface area contributed by atoms with Gasteiger partial charge < -0.3 is 9.47 Å². The Morgan fingerprint density at radius 2 is 1.86 bits per heavy atom. The van der Waals surface area contributed by atoms with Crippen molar-refractivity contribution in [3.63, 3.8) is 0 Å². The van der Waals surface area contributed by atoms with E-state index in [1.807, 2.05) is 0 Å². The van der Waals surface area contributed by atoms with Crippen molar-refractivity contribution in [1.82, 2.24) is 0 Å². The summed E-state index contributed by atoms with van der Waals surface area (Å²) in [6, 6.07) is 4.23. The molecule has 2 heteroatoms. The van der Waals surface area contributed by atoms with Gasteiger partial charge in [-0.25, -0.2) is 0 Å². The first-order valence-corrected chi connectivity index (χ1v) is 5.14. The summed E-state index contributed by atoms with van der Waals surface area (Å²) in [6.45, 7) is 6.94. The summed E-state index contributed by atoms with van der Waals surface area (Å²) >= 11 is 0. The van der Waals surface area contributed by atoms with E-state index in [0.717, 1.165) is 17.9 Å². The van der Waals surface area contributed by atoms with Gasteiger partial charge in [0.2, 0.25) is 6.79 Å². The van der Waals surface area contributed by atoms with Crippen molar-refractivity contribution in [2.75, 3.05) is 6.79 Å². The molecule has 1 aliphatic heterocycles. The Hall–Kier alpha value is -1.18. The SMILES string of the molecule is CCc1cc2c(cc1C(C)C)OCO2. The van der Waals surface area contributed by atoms with Gasteiger partial charge in [-0.3, -0.25) is 0 Å². The predicted molar refractivity (Wildman–Crippen MR) is 56.0 cm³/mol. The van der Waals surface area contributed by atoms with Gasteiger partial charge in [0.25, 0.3) is 0 Å². The van der Waals surface area contributed by atoms with Gasteiger partial charge in [0.15, 0.2) is 11.5 Å². The van der Waals surface area contributed by atoms with Crippen LogP contribution in [0.2, 0.25) is 0 Å². The molecule has 0 amide bonds. The molecule has 1 heterocycles. The van der Waals surface area contributed by atoms with Gasteiger partial charge in [0, 0.05) is 0 Å². The lowest BCUT2D eigenvalue weighted by Crippen LogP contribution is -1.95. The van der Waals surface area contributed by atoms with Crippen LogP contribution in [0.4, 0.5) is 0 Å². The highest BCUT2D eigenvalue weighted by Crippen LogP contribution is 2.37. The third-order valence-corrected chi connectivity index (χ3v) is 2.64. The van der Waals surface area contributed by atoms with Gasteiger partial charge in [-0.05, 0) is 35.6 Å². The topological polar surface area (TPSA) is 18.5 Å². The van der Waals surface area contributed by atoms with Crippen LogP contribution in [-0.4, -0.2) is 6.79 Å². The highest BCUT2D eigenvalue weighted by molar-refractivity contribution is 5.49. The van der Waals surface area contributed by atoms with Gasteiger partial charge in [-0.15, -0.1) is 0 Å². The van der Waals surface area contributed by atoms with Crippen LogP contribution in [-0.2, 0) is 6.42 Å². The Balaban J connectivity index is 2.49. The maximum Gasteiger partial charge on any atom is 0.231 e. The number of hydrogen-bond donors (Lipinski definition) is 0. The molecule has 1 aliphatic rings. The van der Waals surface area contributed by atoms with E-state index in [-0.39, 0.29) is 0 Å². The van der Waals surface area contributed by atoms with Gasteiger partial charge in [-0.2, -0.15) is 0 Å². The molecule has 0 N–H and O–H groups in total. The van der Waals surface area contributed by atoms with Crippen LogP contribution in [0.1, 0.15) is 37.8 Å². The zero-order valence-electron chi connectivity index (χ0n) is 8.96. The molecular formula is C12H16O2. The third kappa shape index (κ3) is 1.45. The van der Waals surface area contributed by atoms with Gasteiger partial charge >= 0.3 is 0 Å². The van der Waals surface area contributed by atoms with Crippen LogP contribution in [0.3, 0.4) is 0 Å². The number of fused-ring (bicyclic) bond motifs is 1. The fraction of sp³-hybridized carbons (Fsp3) is 0.500. The summed E-state index contributed by atoms with van der Waals surface area (Å²) in [4.78, 5) is 0. The zero-order valence-corrected chi connectivity index (χ0v) is 8.96. The number of aryl methyl sites for hydroxylation is 1. The summed E-state index contributed by atoms with van der Waals surface area (Å²) < 4.78 is 10.7.